The Morgan fingerprint density at radius 2 is 1.65 bits per heavy atom. The third-order valence-corrected chi connectivity index (χ3v) is 5.65. The van der Waals surface area contributed by atoms with Crippen LogP contribution in [0.1, 0.15) is 39.9 Å². The summed E-state index contributed by atoms with van der Waals surface area (Å²) >= 11 is 12.0. The third-order valence-electron chi connectivity index (χ3n) is 5.14. The fourth-order valence-corrected chi connectivity index (χ4v) is 3.79. The number of carbonyl (C=O) groups is 1. The molecular weight excluding hydrogens is 475 g/mol. The summed E-state index contributed by atoms with van der Waals surface area (Å²) in [5, 5.41) is 8.54. The van der Waals surface area contributed by atoms with Gasteiger partial charge in [-0.05, 0) is 50.6 Å². The van der Waals surface area contributed by atoms with Crippen molar-refractivity contribution in [2.45, 2.75) is 27.2 Å². The fourth-order valence-electron chi connectivity index (χ4n) is 3.54. The molecule has 0 saturated carbocycles. The second kappa shape index (κ2) is 10.2. The molecular formula is C25H22Cl2N4O3. The van der Waals surface area contributed by atoms with E-state index in [-0.39, 0.29) is 18.1 Å². The number of esters is 1. The summed E-state index contributed by atoms with van der Waals surface area (Å²) in [6, 6.07) is 14.5. The Morgan fingerprint density at radius 3 is 2.29 bits per heavy atom. The zero-order chi connectivity index (χ0) is 24.2. The number of anilines is 2. The Hall–Kier alpha value is -3.42. The molecule has 1 N–H and O–H groups in total. The molecule has 0 atom stereocenters. The minimum absolute atomic E-state index is 0.137. The molecule has 0 fully saturated rings. The maximum absolute atomic E-state index is 12.9. The van der Waals surface area contributed by atoms with Gasteiger partial charge in [-0.1, -0.05) is 52.6 Å². The van der Waals surface area contributed by atoms with Crippen LogP contribution in [-0.2, 0) is 11.2 Å². The van der Waals surface area contributed by atoms with E-state index >= 15 is 0 Å². The average molecular weight is 497 g/mol. The van der Waals surface area contributed by atoms with Gasteiger partial charge in [0.05, 0.1) is 6.61 Å². The summed E-state index contributed by atoms with van der Waals surface area (Å²) in [5.41, 5.74) is 3.89. The number of hydrogen-bond donors (Lipinski definition) is 1. The number of nitrogens with one attached hydrogen (secondary N) is 1. The van der Waals surface area contributed by atoms with E-state index < -0.39 is 5.97 Å². The summed E-state index contributed by atoms with van der Waals surface area (Å²) in [4.78, 5) is 22.0. The van der Waals surface area contributed by atoms with Gasteiger partial charge in [-0.15, -0.1) is 0 Å². The predicted molar refractivity (Wildman–Crippen MR) is 132 cm³/mol. The Kier molecular flexibility index (Phi) is 7.14. The Balaban J connectivity index is 1.77. The van der Waals surface area contributed by atoms with Crippen LogP contribution in [0.5, 0.6) is 0 Å². The van der Waals surface area contributed by atoms with Gasteiger partial charge in [0.2, 0.25) is 5.88 Å². The molecule has 0 aliphatic rings. The van der Waals surface area contributed by atoms with Gasteiger partial charge in [-0.2, -0.15) is 0 Å². The molecule has 7 nitrogen and oxygen atoms in total. The van der Waals surface area contributed by atoms with Crippen LogP contribution in [0.25, 0.3) is 11.3 Å². The first-order valence-electron chi connectivity index (χ1n) is 10.6. The number of halogens is 2. The van der Waals surface area contributed by atoms with Crippen LogP contribution in [0.3, 0.4) is 0 Å². The molecule has 174 valence electrons. The second-order valence-corrected chi connectivity index (χ2v) is 8.45. The van der Waals surface area contributed by atoms with Crippen molar-refractivity contribution < 1.29 is 14.1 Å². The monoisotopic (exact) mass is 496 g/mol. The molecule has 0 spiro atoms. The third kappa shape index (κ3) is 5.21. The standard InChI is InChI=1S/C25H22Cl2N4O3/c1-4-33-25(32)21-22(17-7-11-19(27)12-8-17)31-34-24(21)30-23-20(14(2)28-15(3)29-23)13-16-5-9-18(26)10-6-16/h5-12H,4,13H2,1-3H3,(H,28,29,30). The maximum Gasteiger partial charge on any atom is 0.346 e. The van der Waals surface area contributed by atoms with Crippen molar-refractivity contribution in [1.29, 1.82) is 0 Å². The lowest BCUT2D eigenvalue weighted by Gasteiger charge is -2.13. The number of aryl methyl sites for hydroxylation is 2. The highest BCUT2D eigenvalue weighted by Crippen LogP contribution is 2.33. The quantitative estimate of drug-likeness (QED) is 0.289. The summed E-state index contributed by atoms with van der Waals surface area (Å²) in [5.74, 6) is 0.676. The van der Waals surface area contributed by atoms with Gasteiger partial charge in [-0.3, -0.25) is 0 Å². The predicted octanol–water partition coefficient (Wildman–Crippen LogP) is 6.57. The average Bonchev–Trinajstić information content (AvgIpc) is 3.21. The highest BCUT2D eigenvalue weighted by molar-refractivity contribution is 6.30. The molecule has 0 amide bonds. The molecule has 0 unspecified atom stereocenters. The molecule has 4 aromatic rings. The number of aromatic nitrogens is 3. The summed E-state index contributed by atoms with van der Waals surface area (Å²) < 4.78 is 10.9. The molecule has 4 rings (SSSR count). The summed E-state index contributed by atoms with van der Waals surface area (Å²) in [6.07, 6.45) is 0.554. The van der Waals surface area contributed by atoms with E-state index in [1.165, 1.54) is 0 Å². The van der Waals surface area contributed by atoms with Crippen LogP contribution in [0.4, 0.5) is 11.7 Å². The van der Waals surface area contributed by atoms with E-state index in [1.807, 2.05) is 31.2 Å². The van der Waals surface area contributed by atoms with Crippen LogP contribution in [0.2, 0.25) is 10.0 Å². The smallest absolute Gasteiger partial charge is 0.346 e. The first-order valence-corrected chi connectivity index (χ1v) is 11.4. The Morgan fingerprint density at radius 1 is 1.00 bits per heavy atom. The van der Waals surface area contributed by atoms with Crippen molar-refractivity contribution in [1.82, 2.24) is 15.1 Å². The molecule has 9 heteroatoms. The van der Waals surface area contributed by atoms with Gasteiger partial charge in [0, 0.05) is 33.3 Å². The Bertz CT molecular complexity index is 1320. The van der Waals surface area contributed by atoms with E-state index in [0.29, 0.717) is 39.4 Å². The Labute approximate surface area is 207 Å². The van der Waals surface area contributed by atoms with Crippen molar-refractivity contribution in [2.75, 3.05) is 11.9 Å². The first kappa shape index (κ1) is 23.7. The second-order valence-electron chi connectivity index (χ2n) is 7.57. The first-order chi connectivity index (χ1) is 16.4. The molecule has 0 aliphatic heterocycles. The fraction of sp³-hybridized carbons (Fsp3) is 0.200. The highest BCUT2D eigenvalue weighted by atomic mass is 35.5. The van der Waals surface area contributed by atoms with Crippen LogP contribution >= 0.6 is 23.2 Å². The normalized spacial score (nSPS) is 10.9. The minimum atomic E-state index is -0.557. The largest absolute Gasteiger partial charge is 0.462 e. The number of rotatable bonds is 7. The van der Waals surface area contributed by atoms with Gasteiger partial charge >= 0.3 is 5.97 Å². The number of hydrogen-bond acceptors (Lipinski definition) is 7. The lowest BCUT2D eigenvalue weighted by molar-refractivity contribution is 0.0528. The van der Waals surface area contributed by atoms with Gasteiger partial charge < -0.3 is 14.6 Å². The zero-order valence-corrected chi connectivity index (χ0v) is 20.4. The van der Waals surface area contributed by atoms with Gasteiger partial charge in [0.1, 0.15) is 17.3 Å². The SMILES string of the molecule is CCOC(=O)c1c(-c2ccc(Cl)cc2)noc1Nc1nc(C)nc(C)c1Cc1ccc(Cl)cc1. The molecule has 2 aromatic heterocycles. The zero-order valence-electron chi connectivity index (χ0n) is 18.9. The van der Waals surface area contributed by atoms with Gasteiger partial charge in [-0.25, -0.2) is 14.8 Å². The van der Waals surface area contributed by atoms with E-state index in [0.717, 1.165) is 16.8 Å². The number of nitrogens with zero attached hydrogens (tertiary/aromatic N) is 3. The van der Waals surface area contributed by atoms with Crippen LogP contribution in [0, 0.1) is 13.8 Å². The number of carbonyl (C=O) groups excluding carboxylic acids is 1. The van der Waals surface area contributed by atoms with E-state index in [2.05, 4.69) is 20.4 Å². The molecule has 2 heterocycles. The van der Waals surface area contributed by atoms with Crippen LogP contribution in [-0.4, -0.2) is 27.7 Å². The van der Waals surface area contributed by atoms with Gasteiger partial charge in [0.25, 0.3) is 0 Å². The number of benzene rings is 2. The van der Waals surface area contributed by atoms with Crippen LogP contribution in [0.15, 0.2) is 53.1 Å². The molecule has 0 radical (unpaired) electrons. The summed E-state index contributed by atoms with van der Waals surface area (Å²) in [6.45, 7) is 5.66. The topological polar surface area (TPSA) is 90.1 Å². The number of ether oxygens (including phenoxy) is 1. The lowest BCUT2D eigenvalue weighted by Crippen LogP contribution is -2.10. The van der Waals surface area contributed by atoms with Crippen molar-refractivity contribution >= 4 is 40.9 Å². The van der Waals surface area contributed by atoms with Crippen LogP contribution < -0.4 is 5.32 Å². The molecule has 2 aromatic carbocycles. The van der Waals surface area contributed by atoms with E-state index in [1.54, 1.807) is 38.1 Å². The van der Waals surface area contributed by atoms with E-state index in [9.17, 15) is 4.79 Å². The molecule has 0 saturated heterocycles. The minimum Gasteiger partial charge on any atom is -0.462 e. The maximum atomic E-state index is 12.9. The van der Waals surface area contributed by atoms with Crippen molar-refractivity contribution in [3.63, 3.8) is 0 Å². The molecule has 34 heavy (non-hydrogen) atoms. The van der Waals surface area contributed by atoms with Crippen molar-refractivity contribution in [3.8, 4) is 11.3 Å². The van der Waals surface area contributed by atoms with E-state index in [4.69, 9.17) is 32.5 Å². The van der Waals surface area contributed by atoms with Crippen molar-refractivity contribution in [2.24, 2.45) is 0 Å². The summed E-state index contributed by atoms with van der Waals surface area (Å²) in [7, 11) is 0. The molecule has 0 bridgehead atoms. The highest BCUT2D eigenvalue weighted by Gasteiger charge is 2.27. The lowest BCUT2D eigenvalue weighted by atomic mass is 10.0. The molecule has 0 aliphatic carbocycles. The van der Waals surface area contributed by atoms with Crippen molar-refractivity contribution in [3.05, 3.63) is 86.8 Å². The van der Waals surface area contributed by atoms with Gasteiger partial charge in [0.15, 0.2) is 5.56 Å².